The van der Waals surface area contributed by atoms with E-state index >= 15 is 0 Å². The third kappa shape index (κ3) is 1.59. The first-order valence-corrected chi connectivity index (χ1v) is 9.89. The lowest BCUT2D eigenvalue weighted by Gasteiger charge is -2.62. The highest BCUT2D eigenvalue weighted by atomic mass is 16.5. The van der Waals surface area contributed by atoms with Crippen LogP contribution in [0.4, 0.5) is 0 Å². The number of benzene rings is 1. The van der Waals surface area contributed by atoms with Crippen molar-refractivity contribution in [3.05, 3.63) is 47.6 Å². The first-order valence-electron chi connectivity index (χ1n) is 9.89. The lowest BCUT2D eigenvalue weighted by molar-refractivity contribution is -0.163. The predicted octanol–water partition coefficient (Wildman–Crippen LogP) is 2.68. The van der Waals surface area contributed by atoms with Crippen molar-refractivity contribution in [3.8, 4) is 11.5 Å². The Bertz CT molecular complexity index is 857. The van der Waals surface area contributed by atoms with Crippen LogP contribution in [0.3, 0.4) is 0 Å². The highest BCUT2D eigenvalue weighted by Crippen LogP contribution is 2.65. The molecule has 0 unspecified atom stereocenters. The quantitative estimate of drug-likeness (QED) is 0.879. The normalized spacial score (nSPS) is 39.8. The van der Waals surface area contributed by atoms with Gasteiger partial charge in [0.05, 0.1) is 11.0 Å². The molecular formula is C22H25NO3. The Balaban J connectivity index is 1.59. The van der Waals surface area contributed by atoms with Crippen LogP contribution in [0, 0.1) is 5.92 Å². The molecule has 4 heteroatoms. The van der Waals surface area contributed by atoms with Gasteiger partial charge in [0.1, 0.15) is 6.10 Å². The summed E-state index contributed by atoms with van der Waals surface area (Å²) in [5, 5.41) is 22.6. The molecular weight excluding hydrogens is 326 g/mol. The van der Waals surface area contributed by atoms with E-state index in [1.54, 1.807) is 6.07 Å². The van der Waals surface area contributed by atoms with E-state index in [0.717, 1.165) is 43.0 Å². The van der Waals surface area contributed by atoms with Crippen LogP contribution in [0.1, 0.15) is 36.8 Å². The van der Waals surface area contributed by atoms with Crippen molar-refractivity contribution in [2.75, 3.05) is 13.1 Å². The maximum atomic E-state index is 12.1. The van der Waals surface area contributed by atoms with Crippen molar-refractivity contribution in [2.24, 2.45) is 5.92 Å². The summed E-state index contributed by atoms with van der Waals surface area (Å²) in [6.45, 7) is 6.07. The summed E-state index contributed by atoms with van der Waals surface area (Å²) >= 11 is 0. The molecule has 4 atom stereocenters. The number of ether oxygens (including phenoxy) is 1. The van der Waals surface area contributed by atoms with Crippen molar-refractivity contribution in [1.29, 1.82) is 0 Å². The van der Waals surface area contributed by atoms with Gasteiger partial charge in [-0.3, -0.25) is 4.90 Å². The minimum atomic E-state index is -0.844. The smallest absolute Gasteiger partial charge is 0.166 e. The van der Waals surface area contributed by atoms with Gasteiger partial charge in [-0.1, -0.05) is 24.8 Å². The van der Waals surface area contributed by atoms with E-state index in [9.17, 15) is 10.2 Å². The fourth-order valence-electron chi connectivity index (χ4n) is 6.33. The van der Waals surface area contributed by atoms with Gasteiger partial charge in [-0.05, 0) is 61.8 Å². The summed E-state index contributed by atoms with van der Waals surface area (Å²) in [4.78, 5) is 2.54. The number of hydrogen-bond donors (Lipinski definition) is 2. The number of rotatable bonds is 3. The largest absolute Gasteiger partial charge is 0.504 e. The number of piperidine rings is 1. The zero-order chi connectivity index (χ0) is 17.7. The first-order chi connectivity index (χ1) is 12.6. The van der Waals surface area contributed by atoms with E-state index in [0.29, 0.717) is 12.2 Å². The number of aromatic hydroxyl groups is 1. The fourth-order valence-corrected chi connectivity index (χ4v) is 6.33. The van der Waals surface area contributed by atoms with E-state index in [4.69, 9.17) is 4.74 Å². The molecule has 0 aromatic heterocycles. The molecule has 1 saturated heterocycles. The molecule has 5 aliphatic rings. The Morgan fingerprint density at radius 3 is 2.96 bits per heavy atom. The van der Waals surface area contributed by atoms with Gasteiger partial charge < -0.3 is 14.9 Å². The molecule has 4 nitrogen and oxygen atoms in total. The van der Waals surface area contributed by atoms with Gasteiger partial charge in [0.25, 0.3) is 0 Å². The molecule has 3 aliphatic carbocycles. The number of phenolic OH excluding ortho intramolecular Hbond substituents is 1. The van der Waals surface area contributed by atoms with Crippen LogP contribution >= 0.6 is 0 Å². The molecule has 2 heterocycles. The molecule has 1 spiro atoms. The van der Waals surface area contributed by atoms with Gasteiger partial charge in [-0.15, -0.1) is 0 Å². The Hall–Kier alpha value is -1.78. The average Bonchev–Trinajstić information content (AvgIpc) is 3.37. The maximum absolute atomic E-state index is 12.1. The highest BCUT2D eigenvalue weighted by molar-refractivity contribution is 5.64. The molecule has 2 bridgehead atoms. The Morgan fingerprint density at radius 1 is 1.35 bits per heavy atom. The van der Waals surface area contributed by atoms with E-state index < -0.39 is 11.0 Å². The molecule has 2 fully saturated rings. The number of nitrogens with zero attached hydrogens (tertiary/aromatic N) is 1. The van der Waals surface area contributed by atoms with Gasteiger partial charge in [0.2, 0.25) is 0 Å². The van der Waals surface area contributed by atoms with Crippen LogP contribution in [0.5, 0.6) is 11.5 Å². The van der Waals surface area contributed by atoms with E-state index in [1.165, 1.54) is 18.4 Å². The van der Waals surface area contributed by atoms with E-state index in [2.05, 4.69) is 17.6 Å². The topological polar surface area (TPSA) is 52.9 Å². The lowest BCUT2D eigenvalue weighted by Crippen LogP contribution is -2.75. The number of hydrogen-bond acceptors (Lipinski definition) is 4. The second-order valence-corrected chi connectivity index (χ2v) is 8.86. The van der Waals surface area contributed by atoms with Gasteiger partial charge in [0, 0.05) is 18.2 Å². The van der Waals surface area contributed by atoms with E-state index in [1.807, 2.05) is 12.1 Å². The van der Waals surface area contributed by atoms with Crippen molar-refractivity contribution >= 4 is 0 Å². The monoisotopic (exact) mass is 351 g/mol. The summed E-state index contributed by atoms with van der Waals surface area (Å²) < 4.78 is 6.34. The van der Waals surface area contributed by atoms with Crippen molar-refractivity contribution < 1.29 is 14.9 Å². The standard InChI is InChI=1S/C22H25NO3/c1-2-14-7-8-22(25)17-11-15-5-6-16(24)19-18(15)21(22,20(14)26-19)9-10-23(17)12-13-3-4-13/h2,5-7,13,17,20,24-25H,1,3-4,8-12H2/t17-,20+,21+,22-/m1/s1. The van der Waals surface area contributed by atoms with Gasteiger partial charge in [-0.2, -0.15) is 0 Å². The van der Waals surface area contributed by atoms with Crippen molar-refractivity contribution in [3.63, 3.8) is 0 Å². The zero-order valence-corrected chi connectivity index (χ0v) is 14.9. The molecule has 0 radical (unpaired) electrons. The van der Waals surface area contributed by atoms with Crippen LogP contribution in [0.15, 0.2) is 36.4 Å². The zero-order valence-electron chi connectivity index (χ0n) is 14.9. The highest BCUT2D eigenvalue weighted by Gasteiger charge is 2.71. The minimum absolute atomic E-state index is 0.119. The molecule has 1 aromatic rings. The summed E-state index contributed by atoms with van der Waals surface area (Å²) in [6.07, 6.45) is 8.72. The summed E-state index contributed by atoms with van der Waals surface area (Å²) in [5.41, 5.74) is 2.05. The third-order valence-electron chi connectivity index (χ3n) is 7.70. The third-order valence-corrected chi connectivity index (χ3v) is 7.70. The van der Waals surface area contributed by atoms with E-state index in [-0.39, 0.29) is 17.9 Å². The lowest BCUT2D eigenvalue weighted by atomic mass is 9.49. The molecule has 1 aromatic carbocycles. The van der Waals surface area contributed by atoms with Crippen LogP contribution in [0.2, 0.25) is 0 Å². The van der Waals surface area contributed by atoms with Crippen molar-refractivity contribution in [1.82, 2.24) is 4.90 Å². The van der Waals surface area contributed by atoms with Crippen LogP contribution in [-0.4, -0.2) is 45.9 Å². The van der Waals surface area contributed by atoms with Gasteiger partial charge >= 0.3 is 0 Å². The molecule has 0 amide bonds. The Kier molecular flexibility index (Phi) is 2.78. The molecule has 26 heavy (non-hydrogen) atoms. The number of aliphatic hydroxyl groups is 1. The molecule has 136 valence electrons. The number of likely N-dealkylation sites (tertiary alicyclic amines) is 1. The van der Waals surface area contributed by atoms with Gasteiger partial charge in [-0.25, -0.2) is 0 Å². The summed E-state index contributed by atoms with van der Waals surface area (Å²) in [6, 6.07) is 3.92. The molecule has 2 aliphatic heterocycles. The second-order valence-electron chi connectivity index (χ2n) is 8.86. The maximum Gasteiger partial charge on any atom is 0.166 e. The second kappa shape index (κ2) is 4.73. The van der Waals surface area contributed by atoms with Crippen molar-refractivity contribution in [2.45, 2.75) is 55.3 Å². The van der Waals surface area contributed by atoms with Crippen LogP contribution < -0.4 is 4.74 Å². The SMILES string of the molecule is C=CC1=CC[C@@]2(O)[C@H]3Cc4ccc(O)c5c4[C@@]2(CCN3CC2CC2)[C@H]1O5. The first kappa shape index (κ1) is 15.3. The molecule has 1 saturated carbocycles. The predicted molar refractivity (Wildman–Crippen MR) is 98.5 cm³/mol. The summed E-state index contributed by atoms with van der Waals surface area (Å²) in [5.74, 6) is 1.59. The van der Waals surface area contributed by atoms with Crippen LogP contribution in [-0.2, 0) is 11.8 Å². The average molecular weight is 351 g/mol. The minimum Gasteiger partial charge on any atom is -0.504 e. The summed E-state index contributed by atoms with van der Waals surface area (Å²) in [7, 11) is 0. The fraction of sp³-hybridized carbons (Fsp3) is 0.545. The van der Waals surface area contributed by atoms with Gasteiger partial charge in [0.15, 0.2) is 11.5 Å². The number of phenols is 1. The molecule has 6 rings (SSSR count). The molecule has 2 N–H and O–H groups in total. The van der Waals surface area contributed by atoms with Crippen LogP contribution in [0.25, 0.3) is 0 Å². The Labute approximate surface area is 153 Å². The Morgan fingerprint density at radius 2 is 2.19 bits per heavy atom.